The van der Waals surface area contributed by atoms with Crippen molar-refractivity contribution < 1.29 is 9.13 Å². The minimum Gasteiger partial charge on any atom is -0.492 e. The zero-order valence-corrected chi connectivity index (χ0v) is 19.5. The van der Waals surface area contributed by atoms with Crippen molar-refractivity contribution in [2.75, 3.05) is 31.1 Å². The van der Waals surface area contributed by atoms with Crippen LogP contribution in [-0.4, -0.2) is 31.1 Å². The lowest BCUT2D eigenvalue weighted by Gasteiger charge is -2.28. The zero-order valence-electron chi connectivity index (χ0n) is 19.5. The predicted octanol–water partition coefficient (Wildman–Crippen LogP) is 6.30. The number of likely N-dealkylation sites (tertiary alicyclic amines) is 1. The highest BCUT2D eigenvalue weighted by atomic mass is 19.1. The lowest BCUT2D eigenvalue weighted by atomic mass is 9.97. The van der Waals surface area contributed by atoms with Crippen molar-refractivity contribution in [3.05, 3.63) is 94.8 Å². The second-order valence-corrected chi connectivity index (χ2v) is 9.42. The lowest BCUT2D eigenvalue weighted by molar-refractivity contribution is 0.183. The first-order valence-corrected chi connectivity index (χ1v) is 12.2. The van der Waals surface area contributed by atoms with E-state index in [1.807, 2.05) is 12.1 Å². The Morgan fingerprint density at radius 3 is 2.42 bits per heavy atom. The molecule has 0 aliphatic carbocycles. The van der Waals surface area contributed by atoms with E-state index in [-0.39, 0.29) is 11.9 Å². The van der Waals surface area contributed by atoms with Gasteiger partial charge >= 0.3 is 0 Å². The van der Waals surface area contributed by atoms with Crippen molar-refractivity contribution in [3.63, 3.8) is 0 Å². The quantitative estimate of drug-likeness (QED) is 0.425. The van der Waals surface area contributed by atoms with Crippen LogP contribution in [0.4, 0.5) is 10.1 Å². The molecule has 0 amide bonds. The van der Waals surface area contributed by atoms with Gasteiger partial charge in [0.1, 0.15) is 18.2 Å². The molecular weight excluding hydrogens is 411 g/mol. The van der Waals surface area contributed by atoms with Gasteiger partial charge in [0.25, 0.3) is 0 Å². The van der Waals surface area contributed by atoms with Crippen LogP contribution in [0, 0.1) is 12.7 Å². The number of fused-ring (bicyclic) bond motifs is 1. The third-order valence-corrected chi connectivity index (χ3v) is 7.01. The van der Waals surface area contributed by atoms with Crippen LogP contribution in [0.1, 0.15) is 47.6 Å². The largest absolute Gasteiger partial charge is 0.492 e. The normalized spacial score (nSPS) is 18.4. The van der Waals surface area contributed by atoms with Gasteiger partial charge in [0.2, 0.25) is 0 Å². The summed E-state index contributed by atoms with van der Waals surface area (Å²) in [7, 11) is 0. The molecular formula is C29H33FN2O. The second-order valence-electron chi connectivity index (χ2n) is 9.42. The Morgan fingerprint density at radius 2 is 1.67 bits per heavy atom. The molecule has 0 aromatic heterocycles. The Labute approximate surface area is 196 Å². The number of anilines is 1. The van der Waals surface area contributed by atoms with E-state index in [9.17, 15) is 4.39 Å². The third-order valence-electron chi connectivity index (χ3n) is 7.01. The van der Waals surface area contributed by atoms with Crippen molar-refractivity contribution in [3.8, 4) is 5.75 Å². The summed E-state index contributed by atoms with van der Waals surface area (Å²) in [6.45, 7) is 7.15. The monoisotopic (exact) mass is 444 g/mol. The number of halogens is 1. The lowest BCUT2D eigenvalue weighted by Crippen LogP contribution is -2.33. The summed E-state index contributed by atoms with van der Waals surface area (Å²) in [5.74, 6) is 0.743. The summed E-state index contributed by atoms with van der Waals surface area (Å²) >= 11 is 0. The zero-order chi connectivity index (χ0) is 22.6. The van der Waals surface area contributed by atoms with E-state index < -0.39 is 0 Å². The van der Waals surface area contributed by atoms with Gasteiger partial charge < -0.3 is 9.64 Å². The molecule has 2 aliphatic rings. The minimum absolute atomic E-state index is 0.196. The maximum atomic E-state index is 13.5. The number of rotatable bonds is 7. The molecule has 3 aromatic carbocycles. The molecule has 172 valence electrons. The summed E-state index contributed by atoms with van der Waals surface area (Å²) in [6, 6.07) is 22.4. The minimum atomic E-state index is -0.196. The average Bonchev–Trinajstić information content (AvgIpc) is 3.18. The van der Waals surface area contributed by atoms with Gasteiger partial charge in [0.05, 0.1) is 6.04 Å². The Kier molecular flexibility index (Phi) is 6.63. The first-order valence-electron chi connectivity index (χ1n) is 12.2. The topological polar surface area (TPSA) is 15.7 Å². The molecule has 0 saturated carbocycles. The number of piperidine rings is 1. The van der Waals surface area contributed by atoms with Crippen molar-refractivity contribution in [1.82, 2.24) is 4.90 Å². The van der Waals surface area contributed by atoms with Crippen LogP contribution in [0.5, 0.6) is 5.75 Å². The summed E-state index contributed by atoms with van der Waals surface area (Å²) < 4.78 is 19.5. The molecule has 1 fully saturated rings. The summed E-state index contributed by atoms with van der Waals surface area (Å²) in [5.41, 5.74) is 6.35. The highest BCUT2D eigenvalue weighted by molar-refractivity contribution is 5.55. The second kappa shape index (κ2) is 9.96. The highest BCUT2D eigenvalue weighted by Crippen LogP contribution is 2.40. The summed E-state index contributed by atoms with van der Waals surface area (Å²) in [6.07, 6.45) is 4.89. The molecule has 2 heterocycles. The first kappa shape index (κ1) is 22.0. The van der Waals surface area contributed by atoms with Crippen LogP contribution in [0.2, 0.25) is 0 Å². The van der Waals surface area contributed by atoms with E-state index in [2.05, 4.69) is 59.2 Å². The molecule has 1 saturated heterocycles. The molecule has 3 nitrogen and oxygen atoms in total. The van der Waals surface area contributed by atoms with Crippen LogP contribution in [0.3, 0.4) is 0 Å². The summed E-state index contributed by atoms with van der Waals surface area (Å²) in [4.78, 5) is 4.90. The molecule has 4 heteroatoms. The number of nitrogens with zero attached hydrogens (tertiary/aromatic N) is 2. The fourth-order valence-electron chi connectivity index (χ4n) is 5.20. The van der Waals surface area contributed by atoms with Crippen LogP contribution >= 0.6 is 0 Å². The Morgan fingerprint density at radius 1 is 0.909 bits per heavy atom. The van der Waals surface area contributed by atoms with Crippen LogP contribution < -0.4 is 9.64 Å². The number of hydrogen-bond donors (Lipinski definition) is 0. The fourth-order valence-corrected chi connectivity index (χ4v) is 5.20. The third kappa shape index (κ3) is 5.22. The Balaban J connectivity index is 1.27. The van der Waals surface area contributed by atoms with E-state index in [1.165, 1.54) is 54.6 Å². The number of ether oxygens (including phenoxy) is 1. The predicted molar refractivity (Wildman–Crippen MR) is 132 cm³/mol. The van der Waals surface area contributed by atoms with Gasteiger partial charge in [-0.25, -0.2) is 4.39 Å². The van der Waals surface area contributed by atoms with Crippen LogP contribution in [0.15, 0.2) is 66.7 Å². The van der Waals surface area contributed by atoms with E-state index in [0.29, 0.717) is 0 Å². The van der Waals surface area contributed by atoms with E-state index >= 15 is 0 Å². The number of hydrogen-bond acceptors (Lipinski definition) is 3. The van der Waals surface area contributed by atoms with Crippen LogP contribution in [-0.2, 0) is 13.0 Å². The number of benzene rings is 3. The molecule has 1 unspecified atom stereocenters. The summed E-state index contributed by atoms with van der Waals surface area (Å²) in [5, 5.41) is 0. The van der Waals surface area contributed by atoms with Crippen molar-refractivity contribution in [1.29, 1.82) is 0 Å². The Hall–Kier alpha value is -2.85. The fraction of sp³-hybridized carbons (Fsp3) is 0.379. The van der Waals surface area contributed by atoms with Gasteiger partial charge in [-0.1, -0.05) is 42.3 Å². The van der Waals surface area contributed by atoms with E-state index in [0.717, 1.165) is 37.6 Å². The molecule has 0 bridgehead atoms. The van der Waals surface area contributed by atoms with Gasteiger partial charge in [-0.05, 0) is 92.4 Å². The van der Waals surface area contributed by atoms with Crippen molar-refractivity contribution in [2.45, 2.75) is 45.2 Å². The van der Waals surface area contributed by atoms with E-state index in [4.69, 9.17) is 4.74 Å². The van der Waals surface area contributed by atoms with Gasteiger partial charge in [-0.2, -0.15) is 0 Å². The molecule has 0 N–H and O–H groups in total. The van der Waals surface area contributed by atoms with Crippen molar-refractivity contribution >= 4 is 5.69 Å². The molecule has 3 aromatic rings. The molecule has 5 rings (SSSR count). The molecule has 2 aliphatic heterocycles. The molecule has 0 spiro atoms. The smallest absolute Gasteiger partial charge is 0.123 e. The maximum absolute atomic E-state index is 13.5. The molecule has 0 radical (unpaired) electrons. The van der Waals surface area contributed by atoms with Crippen molar-refractivity contribution in [2.24, 2.45) is 0 Å². The number of aryl methyl sites for hydroxylation is 1. The highest BCUT2D eigenvalue weighted by Gasteiger charge is 2.30. The average molecular weight is 445 g/mol. The van der Waals surface area contributed by atoms with Gasteiger partial charge in [0, 0.05) is 18.8 Å². The standard InChI is InChI=1S/C29H33FN2O/c1-22-5-14-28-24(19-22)21-32(26-10-8-25(30)9-11-26)29(28)20-23-6-12-27(13-7-23)33-18-17-31-15-3-2-4-16-31/h5-14,19,29H,2-4,15-18,20-21H2,1H3. The Bertz CT molecular complexity index is 1060. The van der Waals surface area contributed by atoms with Gasteiger partial charge in [-0.15, -0.1) is 0 Å². The first-order chi connectivity index (χ1) is 16.2. The molecule has 1 atom stereocenters. The molecule has 33 heavy (non-hydrogen) atoms. The van der Waals surface area contributed by atoms with Crippen LogP contribution in [0.25, 0.3) is 0 Å². The van der Waals surface area contributed by atoms with Gasteiger partial charge in [-0.3, -0.25) is 4.90 Å². The van der Waals surface area contributed by atoms with E-state index in [1.54, 1.807) is 12.1 Å². The SMILES string of the molecule is Cc1ccc2c(c1)CN(c1ccc(F)cc1)C2Cc1ccc(OCCN2CCCCC2)cc1. The van der Waals surface area contributed by atoms with Gasteiger partial charge in [0.15, 0.2) is 0 Å². The maximum Gasteiger partial charge on any atom is 0.123 e.